The van der Waals surface area contributed by atoms with Gasteiger partial charge < -0.3 is 15.1 Å². The highest BCUT2D eigenvalue weighted by atomic mass is 16.2. The molecule has 26 heavy (non-hydrogen) atoms. The molecule has 2 amide bonds. The summed E-state index contributed by atoms with van der Waals surface area (Å²) in [5, 5.41) is 2.91. The van der Waals surface area contributed by atoms with E-state index in [4.69, 9.17) is 0 Å². The minimum Gasteiger partial charge on any atom is -0.372 e. The molecule has 1 atom stereocenters. The Kier molecular flexibility index (Phi) is 6.68. The van der Waals surface area contributed by atoms with E-state index in [2.05, 4.69) is 31.0 Å². The molecule has 144 valence electrons. The second-order valence-electron chi connectivity index (χ2n) is 7.80. The van der Waals surface area contributed by atoms with Crippen LogP contribution in [-0.4, -0.2) is 42.9 Å². The Balaban J connectivity index is 2.04. The summed E-state index contributed by atoms with van der Waals surface area (Å²) < 4.78 is 0. The van der Waals surface area contributed by atoms with Gasteiger partial charge in [-0.3, -0.25) is 9.59 Å². The van der Waals surface area contributed by atoms with Crippen LogP contribution >= 0.6 is 0 Å². The van der Waals surface area contributed by atoms with Crippen LogP contribution in [0.2, 0.25) is 0 Å². The highest BCUT2D eigenvalue weighted by Gasteiger charge is 2.40. The SMILES string of the molecule is CCN(CC)c1ccc(NC(=O)C(C)(C)C(=O)N2CCCC(C)C2)cc1. The van der Waals surface area contributed by atoms with Crippen LogP contribution in [-0.2, 0) is 9.59 Å². The first kappa shape index (κ1) is 20.3. The molecule has 1 heterocycles. The lowest BCUT2D eigenvalue weighted by molar-refractivity contribution is -0.147. The summed E-state index contributed by atoms with van der Waals surface area (Å²) in [5.41, 5.74) is 0.777. The second kappa shape index (κ2) is 8.56. The van der Waals surface area contributed by atoms with E-state index in [1.54, 1.807) is 13.8 Å². The lowest BCUT2D eigenvalue weighted by atomic mass is 9.88. The molecule has 1 fully saturated rings. The molecule has 0 spiro atoms. The molecule has 1 aliphatic rings. The Bertz CT molecular complexity index is 621. The third-order valence-electron chi connectivity index (χ3n) is 5.30. The minimum atomic E-state index is -1.07. The van der Waals surface area contributed by atoms with Crippen molar-refractivity contribution in [1.29, 1.82) is 0 Å². The van der Waals surface area contributed by atoms with Crippen molar-refractivity contribution in [2.75, 3.05) is 36.4 Å². The van der Waals surface area contributed by atoms with E-state index in [-0.39, 0.29) is 11.8 Å². The third-order valence-corrected chi connectivity index (χ3v) is 5.30. The van der Waals surface area contributed by atoms with Crippen LogP contribution in [0.3, 0.4) is 0 Å². The molecule has 0 saturated carbocycles. The number of hydrogen-bond donors (Lipinski definition) is 1. The fraction of sp³-hybridized carbons (Fsp3) is 0.619. The molecule has 1 saturated heterocycles. The first-order chi connectivity index (χ1) is 12.3. The number of likely N-dealkylation sites (tertiary alicyclic amines) is 1. The van der Waals surface area contributed by atoms with Crippen LogP contribution in [0.25, 0.3) is 0 Å². The summed E-state index contributed by atoms with van der Waals surface area (Å²) in [6, 6.07) is 7.80. The Labute approximate surface area is 157 Å². The largest absolute Gasteiger partial charge is 0.372 e. The van der Waals surface area contributed by atoms with E-state index in [1.165, 1.54) is 0 Å². The summed E-state index contributed by atoms with van der Waals surface area (Å²) in [6.45, 7) is 13.2. The second-order valence-corrected chi connectivity index (χ2v) is 7.80. The number of nitrogens with one attached hydrogen (secondary N) is 1. The summed E-state index contributed by atoms with van der Waals surface area (Å²) in [6.07, 6.45) is 2.16. The molecule has 2 rings (SSSR count). The van der Waals surface area contributed by atoms with Crippen LogP contribution < -0.4 is 10.2 Å². The molecule has 1 unspecified atom stereocenters. The first-order valence-electron chi connectivity index (χ1n) is 9.75. The summed E-state index contributed by atoms with van der Waals surface area (Å²) >= 11 is 0. The highest BCUT2D eigenvalue weighted by Crippen LogP contribution is 2.26. The van der Waals surface area contributed by atoms with E-state index in [1.807, 2.05) is 29.2 Å². The van der Waals surface area contributed by atoms with Gasteiger partial charge in [0.1, 0.15) is 5.41 Å². The Morgan fingerprint density at radius 3 is 2.35 bits per heavy atom. The van der Waals surface area contributed by atoms with E-state index >= 15 is 0 Å². The van der Waals surface area contributed by atoms with Gasteiger partial charge in [-0.2, -0.15) is 0 Å². The number of benzene rings is 1. The van der Waals surface area contributed by atoms with E-state index < -0.39 is 5.41 Å². The number of nitrogens with zero attached hydrogens (tertiary/aromatic N) is 2. The maximum Gasteiger partial charge on any atom is 0.239 e. The predicted octanol–water partition coefficient (Wildman–Crippen LogP) is 3.76. The fourth-order valence-electron chi connectivity index (χ4n) is 3.50. The van der Waals surface area contributed by atoms with Gasteiger partial charge in [-0.25, -0.2) is 0 Å². The van der Waals surface area contributed by atoms with E-state index in [0.29, 0.717) is 5.92 Å². The molecule has 0 bridgehead atoms. The van der Waals surface area contributed by atoms with Gasteiger partial charge in [0.25, 0.3) is 0 Å². The van der Waals surface area contributed by atoms with Crippen molar-refractivity contribution in [1.82, 2.24) is 4.90 Å². The van der Waals surface area contributed by atoms with Gasteiger partial charge in [-0.1, -0.05) is 6.92 Å². The van der Waals surface area contributed by atoms with Crippen LogP contribution in [0.5, 0.6) is 0 Å². The zero-order valence-electron chi connectivity index (χ0n) is 16.8. The number of carbonyl (C=O) groups is 2. The maximum atomic E-state index is 12.9. The molecule has 0 radical (unpaired) electrons. The van der Waals surface area contributed by atoms with E-state index in [0.717, 1.165) is 50.4 Å². The lowest BCUT2D eigenvalue weighted by Gasteiger charge is -2.36. The van der Waals surface area contributed by atoms with Crippen LogP contribution in [0.15, 0.2) is 24.3 Å². The van der Waals surface area contributed by atoms with Crippen LogP contribution in [0, 0.1) is 11.3 Å². The van der Waals surface area contributed by atoms with Gasteiger partial charge in [-0.15, -0.1) is 0 Å². The average molecular weight is 360 g/mol. The molecule has 1 aromatic carbocycles. The zero-order chi connectivity index (χ0) is 19.3. The van der Waals surface area contributed by atoms with Crippen LogP contribution in [0.4, 0.5) is 11.4 Å². The smallest absolute Gasteiger partial charge is 0.239 e. The van der Waals surface area contributed by atoms with Crippen molar-refractivity contribution in [2.24, 2.45) is 11.3 Å². The fourth-order valence-corrected chi connectivity index (χ4v) is 3.50. The van der Waals surface area contributed by atoms with Crippen molar-refractivity contribution in [2.45, 2.75) is 47.5 Å². The topological polar surface area (TPSA) is 52.7 Å². The maximum absolute atomic E-state index is 12.9. The quantitative estimate of drug-likeness (QED) is 0.787. The molecule has 0 aromatic heterocycles. The Morgan fingerprint density at radius 1 is 1.19 bits per heavy atom. The number of anilines is 2. The minimum absolute atomic E-state index is 0.0821. The van der Waals surface area contributed by atoms with Gasteiger partial charge in [0.2, 0.25) is 11.8 Å². The van der Waals surface area contributed by atoms with Crippen molar-refractivity contribution < 1.29 is 9.59 Å². The van der Waals surface area contributed by atoms with E-state index in [9.17, 15) is 9.59 Å². The summed E-state index contributed by atoms with van der Waals surface area (Å²) in [5.74, 6) is 0.164. The van der Waals surface area contributed by atoms with Gasteiger partial charge >= 0.3 is 0 Å². The predicted molar refractivity (Wildman–Crippen MR) is 107 cm³/mol. The number of carbonyl (C=O) groups excluding carboxylic acids is 2. The molecule has 5 heteroatoms. The monoisotopic (exact) mass is 359 g/mol. The normalized spacial score (nSPS) is 17.7. The summed E-state index contributed by atoms with van der Waals surface area (Å²) in [7, 11) is 0. The molecule has 5 nitrogen and oxygen atoms in total. The van der Waals surface area contributed by atoms with Gasteiger partial charge in [0, 0.05) is 37.6 Å². The van der Waals surface area contributed by atoms with Crippen molar-refractivity contribution in [3.05, 3.63) is 24.3 Å². The van der Waals surface area contributed by atoms with Crippen molar-refractivity contribution >= 4 is 23.2 Å². The lowest BCUT2D eigenvalue weighted by Crippen LogP contribution is -2.50. The zero-order valence-corrected chi connectivity index (χ0v) is 16.8. The van der Waals surface area contributed by atoms with Crippen LogP contribution in [0.1, 0.15) is 47.5 Å². The molecule has 1 aliphatic heterocycles. The average Bonchev–Trinajstić information content (AvgIpc) is 2.63. The van der Waals surface area contributed by atoms with Crippen molar-refractivity contribution in [3.8, 4) is 0 Å². The highest BCUT2D eigenvalue weighted by molar-refractivity contribution is 6.09. The summed E-state index contributed by atoms with van der Waals surface area (Å²) in [4.78, 5) is 29.7. The molecule has 1 N–H and O–H groups in total. The standard InChI is InChI=1S/C21H33N3O2/c1-6-23(7-2)18-12-10-17(11-13-18)22-19(25)21(4,5)20(26)24-14-8-9-16(3)15-24/h10-13,16H,6-9,14-15H2,1-5H3,(H,22,25). The Morgan fingerprint density at radius 2 is 1.81 bits per heavy atom. The van der Waals surface area contributed by atoms with Crippen molar-refractivity contribution in [3.63, 3.8) is 0 Å². The molecular formula is C21H33N3O2. The molecule has 0 aliphatic carbocycles. The first-order valence-corrected chi connectivity index (χ1v) is 9.75. The number of amides is 2. The molecular weight excluding hydrogens is 326 g/mol. The third kappa shape index (κ3) is 4.57. The van der Waals surface area contributed by atoms with Gasteiger partial charge in [0.15, 0.2) is 0 Å². The number of hydrogen-bond acceptors (Lipinski definition) is 3. The molecule has 1 aromatic rings. The Hall–Kier alpha value is -2.04. The van der Waals surface area contributed by atoms with Gasteiger partial charge in [0.05, 0.1) is 0 Å². The van der Waals surface area contributed by atoms with Gasteiger partial charge in [-0.05, 0) is 70.7 Å². The number of rotatable bonds is 6. The number of piperidine rings is 1.